The van der Waals surface area contributed by atoms with Gasteiger partial charge in [-0.05, 0) is 0 Å². The first-order valence-electron chi connectivity index (χ1n) is 0.400. The Hall–Kier alpha value is 0.606. The summed E-state index contributed by atoms with van der Waals surface area (Å²) in [5.41, 5.74) is 0. The quantitative estimate of drug-likeness (QED) is 0.192. The zero-order valence-corrected chi connectivity index (χ0v) is 3.91. The van der Waals surface area contributed by atoms with Crippen molar-refractivity contribution in [3.63, 3.8) is 0 Å². The maximum absolute atomic E-state index is 6.00. The second-order valence-corrected chi connectivity index (χ2v) is 0. The first-order chi connectivity index (χ1) is 2.00. The van der Waals surface area contributed by atoms with Crippen LogP contribution in [0.5, 0.6) is 0 Å². The van der Waals surface area contributed by atoms with Gasteiger partial charge in [-0.25, -0.2) is 0 Å². The van der Waals surface area contributed by atoms with Crippen molar-refractivity contribution in [2.45, 2.75) is 0 Å². The largest absolute Gasteiger partial charge is 2.00 e. The maximum atomic E-state index is 6.00. The van der Waals surface area contributed by atoms with Gasteiger partial charge in [-0.2, -0.15) is 0 Å². The van der Waals surface area contributed by atoms with Crippen LogP contribution in [0.25, 0.3) is 0 Å². The van der Waals surface area contributed by atoms with Crippen molar-refractivity contribution in [3.8, 4) is 0 Å². The molecule has 4 N–H and O–H groups in total. The van der Waals surface area contributed by atoms with Crippen molar-refractivity contribution in [3.05, 3.63) is 0 Å². The van der Waals surface area contributed by atoms with Gasteiger partial charge in [0.1, 0.15) is 0 Å². The van der Waals surface area contributed by atoms with Crippen LogP contribution in [0.2, 0.25) is 0 Å². The Morgan fingerprint density at radius 2 is 0.800 bits per heavy atom. The van der Waals surface area contributed by atoms with Crippen LogP contribution in [-0.2, 0) is 0 Å². The first kappa shape index (κ1) is 17.5. The van der Waals surface area contributed by atoms with Crippen LogP contribution in [0.15, 0.2) is 0 Å². The van der Waals surface area contributed by atoms with E-state index in [0.717, 1.165) is 0 Å². The maximum Gasteiger partial charge on any atom is 2.00 e. The van der Waals surface area contributed by atoms with Gasteiger partial charge in [-0.1, -0.05) is 0 Å². The minimum absolute atomic E-state index is 0. The van der Waals surface area contributed by atoms with Crippen molar-refractivity contribution in [1.82, 2.24) is 0 Å². The molecule has 5 heavy (non-hydrogen) atoms. The van der Waals surface area contributed by atoms with Gasteiger partial charge in [0.15, 0.2) is 0 Å². The van der Waals surface area contributed by atoms with E-state index in [1.807, 2.05) is 0 Å². The third-order valence-corrected chi connectivity index (χ3v) is 0. The van der Waals surface area contributed by atoms with Crippen molar-refractivity contribution in [2.24, 2.45) is 0 Å². The van der Waals surface area contributed by atoms with E-state index in [0.29, 0.717) is 0 Å². The summed E-state index contributed by atoms with van der Waals surface area (Å²) in [5.74, 6) is 0. The first-order valence-corrected chi connectivity index (χ1v) is 0.400. The fourth-order valence-corrected chi connectivity index (χ4v) is 0. The molecule has 0 bridgehead atoms. The Morgan fingerprint density at radius 3 is 0.800 bits per heavy atom. The molecule has 0 aliphatic carbocycles. The smallest absolute Gasteiger partial charge is 1.00 e. The third-order valence-electron chi connectivity index (χ3n) is 0. The van der Waals surface area contributed by atoms with Gasteiger partial charge in [0.25, 0.3) is 0 Å². The summed E-state index contributed by atoms with van der Waals surface area (Å²) >= 11 is 0. The molecular weight excluding hydrogens is 88.3 g/mol. The van der Waals surface area contributed by atoms with E-state index in [1.165, 1.54) is 0 Å². The van der Waals surface area contributed by atoms with Gasteiger partial charge in [0, 0.05) is 0 Å². The fraction of sp³-hybridized carbons (Fsp3) is 0. The molecule has 0 fully saturated rings. The molecule has 0 aromatic heterocycles. The predicted octanol–water partition coefficient (Wildman–Crippen LogP) is -0.121. The van der Waals surface area contributed by atoms with Gasteiger partial charge in [0.2, 0.25) is 0 Å². The monoisotopic (exact) mass is 94.0 g/mol. The number of hydrogen-bond acceptors (Lipinski definition) is 4. The zero-order chi connectivity index (χ0) is 4.00. The summed E-state index contributed by atoms with van der Waals surface area (Å²) in [6, 6.07) is 0. The second-order valence-electron chi connectivity index (χ2n) is 0. The standard InChI is InChI=1S/Mg.2H2O2.2H/c;2*1-2;;/h;2*1-2H;;/q+2;;;2*-1. The Morgan fingerprint density at radius 1 is 0.800 bits per heavy atom. The molecule has 0 amide bonds. The molecule has 0 aromatic rings. The Kier molecular flexibility index (Phi) is 571. The molecule has 0 saturated carbocycles. The molecule has 0 atom stereocenters. The van der Waals surface area contributed by atoms with E-state index in [-0.39, 0.29) is 25.9 Å². The summed E-state index contributed by atoms with van der Waals surface area (Å²) in [7, 11) is 0. The molecule has 0 aromatic carbocycles. The molecule has 0 unspecified atom stereocenters. The molecule has 0 rings (SSSR count). The Bertz CT molecular complexity index is 9.65. The van der Waals surface area contributed by atoms with Gasteiger partial charge in [-0.15, -0.1) is 0 Å². The van der Waals surface area contributed by atoms with Crippen LogP contribution >= 0.6 is 0 Å². The van der Waals surface area contributed by atoms with Crippen molar-refractivity contribution < 1.29 is 23.9 Å². The van der Waals surface area contributed by atoms with E-state index < -0.39 is 0 Å². The minimum Gasteiger partial charge on any atom is -1.00 e. The second kappa shape index (κ2) is 163. The normalized spacial score (nSPS) is 2.40. The van der Waals surface area contributed by atoms with Crippen LogP contribution < -0.4 is 0 Å². The molecule has 0 heterocycles. The molecule has 0 saturated heterocycles. The van der Waals surface area contributed by atoms with Crippen molar-refractivity contribution >= 4 is 23.1 Å². The van der Waals surface area contributed by atoms with Gasteiger partial charge in [0.05, 0.1) is 0 Å². The molecule has 0 radical (unpaired) electrons. The fourth-order valence-electron chi connectivity index (χ4n) is 0. The van der Waals surface area contributed by atoms with Crippen LogP contribution in [-0.4, -0.2) is 44.1 Å². The van der Waals surface area contributed by atoms with Gasteiger partial charge < -0.3 is 2.85 Å². The molecular formula is H6MgO4. The van der Waals surface area contributed by atoms with Crippen molar-refractivity contribution in [1.29, 1.82) is 0 Å². The SMILES string of the molecule is OO.OO.[H-].[H-].[Mg+2]. The Labute approximate surface area is 47.7 Å². The van der Waals surface area contributed by atoms with Crippen LogP contribution in [0.3, 0.4) is 0 Å². The Balaban J connectivity index is -0.00000000267. The summed E-state index contributed by atoms with van der Waals surface area (Å²) in [6.45, 7) is 0. The molecule has 4 nitrogen and oxygen atoms in total. The summed E-state index contributed by atoms with van der Waals surface area (Å²) < 4.78 is 0. The molecule has 32 valence electrons. The molecule has 0 aliphatic rings. The van der Waals surface area contributed by atoms with Crippen LogP contribution in [0.4, 0.5) is 0 Å². The average Bonchev–Trinajstić information content (AvgIpc) is 1.50. The van der Waals surface area contributed by atoms with E-state index in [4.69, 9.17) is 21.0 Å². The van der Waals surface area contributed by atoms with E-state index >= 15 is 0 Å². The summed E-state index contributed by atoms with van der Waals surface area (Å²) in [6.07, 6.45) is 0. The van der Waals surface area contributed by atoms with E-state index in [1.54, 1.807) is 0 Å². The summed E-state index contributed by atoms with van der Waals surface area (Å²) in [5, 5.41) is 24.0. The van der Waals surface area contributed by atoms with Crippen LogP contribution in [0.1, 0.15) is 2.85 Å². The third kappa shape index (κ3) is 85.1. The minimum atomic E-state index is 0. The van der Waals surface area contributed by atoms with E-state index in [9.17, 15) is 0 Å². The van der Waals surface area contributed by atoms with Crippen molar-refractivity contribution in [2.75, 3.05) is 0 Å². The number of hydrogen-bond donors (Lipinski definition) is 4. The van der Waals surface area contributed by atoms with Gasteiger partial charge >= 0.3 is 23.1 Å². The molecule has 0 spiro atoms. The number of rotatable bonds is 0. The molecule has 5 heteroatoms. The summed E-state index contributed by atoms with van der Waals surface area (Å²) in [4.78, 5) is 0. The predicted molar refractivity (Wildman–Crippen MR) is 18.5 cm³/mol. The van der Waals surface area contributed by atoms with E-state index in [2.05, 4.69) is 0 Å². The zero-order valence-electron chi connectivity index (χ0n) is 4.50. The van der Waals surface area contributed by atoms with Gasteiger partial charge in [-0.3, -0.25) is 21.0 Å². The average molecular weight is 94.3 g/mol. The topological polar surface area (TPSA) is 80.9 Å². The van der Waals surface area contributed by atoms with Crippen LogP contribution in [0, 0.1) is 0 Å². The molecule has 0 aliphatic heterocycles.